The van der Waals surface area contributed by atoms with Gasteiger partial charge in [-0.3, -0.25) is 14.3 Å². The molecule has 0 unspecified atom stereocenters. The number of rotatable bonds is 6. The Morgan fingerprint density at radius 2 is 2.04 bits per heavy atom. The van der Waals surface area contributed by atoms with Crippen LogP contribution in [0.4, 0.5) is 5.69 Å². The highest BCUT2D eigenvalue weighted by Gasteiger charge is 2.14. The van der Waals surface area contributed by atoms with Crippen LogP contribution in [0.25, 0.3) is 11.0 Å². The predicted octanol–water partition coefficient (Wildman–Crippen LogP) is 1.40. The number of pyridine rings is 1. The molecule has 2 heterocycles. The summed E-state index contributed by atoms with van der Waals surface area (Å²) in [5.41, 5.74) is 7.55. The van der Waals surface area contributed by atoms with Crippen LogP contribution in [0.1, 0.15) is 16.1 Å². The van der Waals surface area contributed by atoms with Crippen molar-refractivity contribution in [2.24, 2.45) is 12.8 Å². The van der Waals surface area contributed by atoms with Gasteiger partial charge in [-0.2, -0.15) is 5.10 Å². The SMILES string of the molecule is COc1cc(C(=O)Nc2cnc3c(c2)c(C)nn3C)ccc1OCC(N)=O. The lowest BCUT2D eigenvalue weighted by Crippen LogP contribution is -2.20. The molecule has 27 heavy (non-hydrogen) atoms. The lowest BCUT2D eigenvalue weighted by atomic mass is 10.2. The van der Waals surface area contributed by atoms with Gasteiger partial charge < -0.3 is 20.5 Å². The average molecular weight is 369 g/mol. The lowest BCUT2D eigenvalue weighted by Gasteiger charge is -2.11. The second-order valence-electron chi connectivity index (χ2n) is 5.88. The molecular weight excluding hydrogens is 350 g/mol. The highest BCUT2D eigenvalue weighted by molar-refractivity contribution is 6.05. The first-order chi connectivity index (χ1) is 12.9. The minimum Gasteiger partial charge on any atom is -0.493 e. The van der Waals surface area contributed by atoms with Crippen LogP contribution in [-0.2, 0) is 11.8 Å². The monoisotopic (exact) mass is 369 g/mol. The van der Waals surface area contributed by atoms with E-state index in [2.05, 4.69) is 15.4 Å². The summed E-state index contributed by atoms with van der Waals surface area (Å²) < 4.78 is 12.2. The van der Waals surface area contributed by atoms with Crippen LogP contribution >= 0.6 is 0 Å². The number of aromatic nitrogens is 3. The molecule has 0 saturated heterocycles. The van der Waals surface area contributed by atoms with Gasteiger partial charge >= 0.3 is 0 Å². The molecule has 0 aliphatic carbocycles. The van der Waals surface area contributed by atoms with Gasteiger partial charge in [0.15, 0.2) is 23.8 Å². The molecule has 1 aromatic carbocycles. The molecule has 9 nitrogen and oxygen atoms in total. The molecule has 2 amide bonds. The van der Waals surface area contributed by atoms with Crippen molar-refractivity contribution in [2.75, 3.05) is 19.0 Å². The molecular formula is C18H19N5O4. The van der Waals surface area contributed by atoms with E-state index >= 15 is 0 Å². The molecule has 0 aliphatic rings. The summed E-state index contributed by atoms with van der Waals surface area (Å²) in [7, 11) is 3.26. The number of fused-ring (bicyclic) bond motifs is 1. The van der Waals surface area contributed by atoms with Gasteiger partial charge in [0.1, 0.15) is 0 Å². The van der Waals surface area contributed by atoms with Gasteiger partial charge in [-0.25, -0.2) is 4.98 Å². The zero-order valence-corrected chi connectivity index (χ0v) is 15.1. The molecule has 0 saturated carbocycles. The lowest BCUT2D eigenvalue weighted by molar-refractivity contribution is -0.119. The maximum atomic E-state index is 12.6. The number of nitrogens with one attached hydrogen (secondary N) is 1. The Kier molecular flexibility index (Phi) is 4.93. The smallest absolute Gasteiger partial charge is 0.255 e. The Morgan fingerprint density at radius 1 is 1.26 bits per heavy atom. The minimum atomic E-state index is -0.604. The van der Waals surface area contributed by atoms with Crippen LogP contribution in [0.3, 0.4) is 0 Å². The molecule has 140 valence electrons. The molecule has 2 aromatic heterocycles. The predicted molar refractivity (Wildman–Crippen MR) is 98.9 cm³/mol. The molecule has 3 aromatic rings. The van der Waals surface area contributed by atoms with Crippen molar-refractivity contribution >= 4 is 28.5 Å². The summed E-state index contributed by atoms with van der Waals surface area (Å²) in [6, 6.07) is 6.45. The standard InChI is InChI=1S/C18H19N5O4/c1-10-13-7-12(8-20-17(13)23(2)22-10)21-18(25)11-4-5-14(15(6-11)26-3)27-9-16(19)24/h4-8H,9H2,1-3H3,(H2,19,24)(H,21,25). The third-order valence-electron chi connectivity index (χ3n) is 3.92. The molecule has 0 radical (unpaired) electrons. The summed E-state index contributed by atoms with van der Waals surface area (Å²) in [5, 5.41) is 7.97. The van der Waals surface area contributed by atoms with Gasteiger partial charge in [0, 0.05) is 18.0 Å². The number of aryl methyl sites for hydroxylation is 2. The van der Waals surface area contributed by atoms with E-state index in [4.69, 9.17) is 15.2 Å². The minimum absolute atomic E-state index is 0.280. The molecule has 0 fully saturated rings. The maximum absolute atomic E-state index is 12.6. The van der Waals surface area contributed by atoms with Crippen molar-refractivity contribution < 1.29 is 19.1 Å². The average Bonchev–Trinajstić information content (AvgIpc) is 2.93. The summed E-state index contributed by atoms with van der Waals surface area (Å²) in [6.07, 6.45) is 1.57. The summed E-state index contributed by atoms with van der Waals surface area (Å²) >= 11 is 0. The van der Waals surface area contributed by atoms with E-state index in [1.165, 1.54) is 13.2 Å². The number of nitrogens with zero attached hydrogens (tertiary/aromatic N) is 3. The van der Waals surface area contributed by atoms with Gasteiger partial charge in [0.2, 0.25) is 0 Å². The first-order valence-electron chi connectivity index (χ1n) is 8.09. The fraction of sp³-hybridized carbons (Fsp3) is 0.222. The number of carbonyl (C=O) groups excluding carboxylic acids is 2. The van der Waals surface area contributed by atoms with Crippen molar-refractivity contribution in [3.63, 3.8) is 0 Å². The summed E-state index contributed by atoms with van der Waals surface area (Å²) in [5.74, 6) is -0.299. The number of nitrogens with two attached hydrogens (primary N) is 1. The van der Waals surface area contributed by atoms with Crippen LogP contribution in [0.2, 0.25) is 0 Å². The number of ether oxygens (including phenoxy) is 2. The number of hydrogen-bond donors (Lipinski definition) is 2. The number of hydrogen-bond acceptors (Lipinski definition) is 6. The van der Waals surface area contributed by atoms with Crippen molar-refractivity contribution in [1.82, 2.24) is 14.8 Å². The topological polar surface area (TPSA) is 121 Å². The Hall–Kier alpha value is -3.62. The zero-order chi connectivity index (χ0) is 19.6. The molecule has 0 spiro atoms. The maximum Gasteiger partial charge on any atom is 0.255 e. The van der Waals surface area contributed by atoms with Crippen LogP contribution in [0.15, 0.2) is 30.5 Å². The highest BCUT2D eigenvalue weighted by Crippen LogP contribution is 2.28. The molecule has 9 heteroatoms. The number of benzene rings is 1. The number of anilines is 1. The van der Waals surface area contributed by atoms with Crippen LogP contribution < -0.4 is 20.5 Å². The van der Waals surface area contributed by atoms with E-state index in [0.29, 0.717) is 22.7 Å². The fourth-order valence-electron chi connectivity index (χ4n) is 2.66. The van der Waals surface area contributed by atoms with Crippen molar-refractivity contribution in [3.8, 4) is 11.5 Å². The summed E-state index contributed by atoms with van der Waals surface area (Å²) in [4.78, 5) is 27.7. The van der Waals surface area contributed by atoms with E-state index in [1.807, 2.05) is 20.0 Å². The number of amides is 2. The Labute approximate surface area is 155 Å². The van der Waals surface area contributed by atoms with Crippen molar-refractivity contribution in [1.29, 1.82) is 0 Å². The van der Waals surface area contributed by atoms with Crippen LogP contribution in [-0.4, -0.2) is 40.3 Å². The molecule has 0 bridgehead atoms. The third kappa shape index (κ3) is 3.81. The van der Waals surface area contributed by atoms with Gasteiger partial charge in [-0.1, -0.05) is 0 Å². The van der Waals surface area contributed by atoms with E-state index < -0.39 is 5.91 Å². The highest BCUT2D eigenvalue weighted by atomic mass is 16.5. The van der Waals surface area contributed by atoms with Crippen LogP contribution in [0.5, 0.6) is 11.5 Å². The quantitative estimate of drug-likeness (QED) is 0.677. The van der Waals surface area contributed by atoms with Gasteiger partial charge in [0.05, 0.1) is 24.7 Å². The molecule has 0 aliphatic heterocycles. The fourth-order valence-corrected chi connectivity index (χ4v) is 2.66. The normalized spacial score (nSPS) is 10.6. The number of carbonyl (C=O) groups is 2. The van der Waals surface area contributed by atoms with E-state index in [1.54, 1.807) is 23.0 Å². The van der Waals surface area contributed by atoms with Gasteiger partial charge in [-0.15, -0.1) is 0 Å². The van der Waals surface area contributed by atoms with Crippen molar-refractivity contribution in [2.45, 2.75) is 6.92 Å². The zero-order valence-electron chi connectivity index (χ0n) is 15.1. The second kappa shape index (κ2) is 7.32. The number of methoxy groups -OCH3 is 1. The van der Waals surface area contributed by atoms with Crippen molar-refractivity contribution in [3.05, 3.63) is 41.7 Å². The Bertz CT molecular complexity index is 1030. The first-order valence-corrected chi connectivity index (χ1v) is 8.09. The molecule has 3 rings (SSSR count). The Balaban J connectivity index is 1.81. The van der Waals surface area contributed by atoms with E-state index in [9.17, 15) is 9.59 Å². The second-order valence-corrected chi connectivity index (χ2v) is 5.88. The van der Waals surface area contributed by atoms with Crippen LogP contribution in [0, 0.1) is 6.92 Å². The molecule has 3 N–H and O–H groups in total. The van der Waals surface area contributed by atoms with E-state index in [0.717, 1.165) is 16.7 Å². The van der Waals surface area contributed by atoms with E-state index in [-0.39, 0.29) is 12.5 Å². The molecule has 0 atom stereocenters. The number of primary amides is 1. The largest absolute Gasteiger partial charge is 0.493 e. The van der Waals surface area contributed by atoms with Gasteiger partial charge in [-0.05, 0) is 31.2 Å². The summed E-state index contributed by atoms with van der Waals surface area (Å²) in [6.45, 7) is 1.60. The first kappa shape index (κ1) is 18.2. The third-order valence-corrected chi connectivity index (χ3v) is 3.92. The van der Waals surface area contributed by atoms with Gasteiger partial charge in [0.25, 0.3) is 11.8 Å². The Morgan fingerprint density at radius 3 is 2.74 bits per heavy atom.